The summed E-state index contributed by atoms with van der Waals surface area (Å²) >= 11 is 0. The zero-order chi connectivity index (χ0) is 15.0. The highest BCUT2D eigenvalue weighted by Gasteiger charge is 2.12. The van der Waals surface area contributed by atoms with Crippen LogP contribution in [0.1, 0.15) is 45.9 Å². The largest absolute Gasteiger partial charge is 0.369 e. The van der Waals surface area contributed by atoms with Gasteiger partial charge in [0.05, 0.1) is 29.6 Å². The van der Waals surface area contributed by atoms with Crippen LogP contribution >= 0.6 is 0 Å². The third kappa shape index (κ3) is 4.50. The molecular weight excluding hydrogens is 248 g/mol. The zero-order valence-corrected chi connectivity index (χ0v) is 13.1. The minimum Gasteiger partial charge on any atom is -0.369 e. The van der Waals surface area contributed by atoms with Crippen molar-refractivity contribution in [3.8, 4) is 6.07 Å². The summed E-state index contributed by atoms with van der Waals surface area (Å²) in [7, 11) is 0. The molecular formula is C16H26N4. The molecule has 0 amide bonds. The fourth-order valence-electron chi connectivity index (χ4n) is 2.28. The number of hydrogen-bond donors (Lipinski definition) is 1. The van der Waals surface area contributed by atoms with E-state index in [1.165, 1.54) is 0 Å². The molecule has 0 spiro atoms. The molecule has 4 nitrogen and oxygen atoms in total. The van der Waals surface area contributed by atoms with Gasteiger partial charge in [0.25, 0.3) is 0 Å². The maximum absolute atomic E-state index is 8.93. The predicted molar refractivity (Wildman–Crippen MR) is 83.6 cm³/mol. The Bertz CT molecular complexity index is 421. The minimum atomic E-state index is 0.0276. The van der Waals surface area contributed by atoms with Crippen molar-refractivity contribution >= 4 is 5.69 Å². The average molecular weight is 274 g/mol. The Morgan fingerprint density at radius 3 is 2.55 bits per heavy atom. The third-order valence-electron chi connectivity index (χ3n) is 3.45. The lowest BCUT2D eigenvalue weighted by Crippen LogP contribution is -2.28. The van der Waals surface area contributed by atoms with E-state index in [-0.39, 0.29) is 5.92 Å². The number of nitrogens with zero attached hydrogens (tertiary/aromatic N) is 3. The molecule has 110 valence electrons. The van der Waals surface area contributed by atoms with Gasteiger partial charge in [0.15, 0.2) is 0 Å². The summed E-state index contributed by atoms with van der Waals surface area (Å²) in [4.78, 5) is 6.78. The summed E-state index contributed by atoms with van der Waals surface area (Å²) in [6.07, 6.45) is 2.95. The van der Waals surface area contributed by atoms with Crippen LogP contribution in [-0.2, 0) is 0 Å². The second-order valence-electron chi connectivity index (χ2n) is 5.03. The van der Waals surface area contributed by atoms with Crippen LogP contribution < -0.4 is 10.2 Å². The van der Waals surface area contributed by atoms with Crippen molar-refractivity contribution < 1.29 is 0 Å². The van der Waals surface area contributed by atoms with E-state index < -0.39 is 0 Å². The Hall–Kier alpha value is -1.60. The number of rotatable bonds is 8. The van der Waals surface area contributed by atoms with Gasteiger partial charge >= 0.3 is 0 Å². The first kappa shape index (κ1) is 16.5. The van der Waals surface area contributed by atoms with E-state index in [9.17, 15) is 0 Å². The maximum atomic E-state index is 8.93. The summed E-state index contributed by atoms with van der Waals surface area (Å²) < 4.78 is 0. The molecule has 1 aromatic heterocycles. The summed E-state index contributed by atoms with van der Waals surface area (Å²) in [6, 6.07) is 6.80. The van der Waals surface area contributed by atoms with Crippen LogP contribution in [0.2, 0.25) is 0 Å². The monoisotopic (exact) mass is 274 g/mol. The highest BCUT2D eigenvalue weighted by atomic mass is 15.1. The topological polar surface area (TPSA) is 52.0 Å². The van der Waals surface area contributed by atoms with Crippen molar-refractivity contribution in [1.29, 1.82) is 5.26 Å². The van der Waals surface area contributed by atoms with E-state index in [0.29, 0.717) is 6.04 Å². The molecule has 0 aromatic carbocycles. The van der Waals surface area contributed by atoms with E-state index >= 15 is 0 Å². The Labute approximate surface area is 122 Å². The Balaban J connectivity index is 2.80. The second kappa shape index (κ2) is 8.55. The fourth-order valence-corrected chi connectivity index (χ4v) is 2.28. The van der Waals surface area contributed by atoms with Crippen molar-refractivity contribution in [3.63, 3.8) is 0 Å². The van der Waals surface area contributed by atoms with Crippen LogP contribution in [0.25, 0.3) is 0 Å². The van der Waals surface area contributed by atoms with Gasteiger partial charge in [0.1, 0.15) is 0 Å². The molecule has 1 N–H and O–H groups in total. The van der Waals surface area contributed by atoms with Gasteiger partial charge in [-0.1, -0.05) is 13.8 Å². The summed E-state index contributed by atoms with van der Waals surface area (Å²) in [5.74, 6) is 0.0276. The highest BCUT2D eigenvalue weighted by Crippen LogP contribution is 2.19. The Kier molecular flexibility index (Phi) is 7.03. The molecule has 20 heavy (non-hydrogen) atoms. The van der Waals surface area contributed by atoms with Crippen LogP contribution in [0.3, 0.4) is 0 Å². The molecule has 1 rings (SSSR count). The van der Waals surface area contributed by atoms with Gasteiger partial charge in [-0.15, -0.1) is 0 Å². The van der Waals surface area contributed by atoms with Crippen molar-refractivity contribution in [2.24, 2.45) is 5.92 Å². The number of nitriles is 1. The summed E-state index contributed by atoms with van der Waals surface area (Å²) in [6.45, 7) is 10.9. The number of aromatic nitrogens is 1. The molecule has 1 aromatic rings. The first-order chi connectivity index (χ1) is 9.65. The van der Waals surface area contributed by atoms with E-state index in [0.717, 1.165) is 37.4 Å². The van der Waals surface area contributed by atoms with E-state index in [1.54, 1.807) is 0 Å². The fraction of sp³-hybridized carbons (Fsp3) is 0.625. The van der Waals surface area contributed by atoms with Crippen molar-refractivity contribution in [3.05, 3.63) is 24.0 Å². The van der Waals surface area contributed by atoms with Gasteiger partial charge in [-0.25, -0.2) is 0 Å². The molecule has 1 heterocycles. The summed E-state index contributed by atoms with van der Waals surface area (Å²) in [5, 5.41) is 12.4. The van der Waals surface area contributed by atoms with Crippen molar-refractivity contribution in [2.45, 2.75) is 40.2 Å². The molecule has 0 saturated carbocycles. The van der Waals surface area contributed by atoms with Gasteiger partial charge in [-0.05, 0) is 38.9 Å². The first-order valence-electron chi connectivity index (χ1n) is 7.50. The molecule has 0 saturated heterocycles. The van der Waals surface area contributed by atoms with Gasteiger partial charge < -0.3 is 10.2 Å². The zero-order valence-electron chi connectivity index (χ0n) is 13.1. The van der Waals surface area contributed by atoms with E-state index in [2.05, 4.69) is 54.2 Å². The first-order valence-corrected chi connectivity index (χ1v) is 7.50. The summed E-state index contributed by atoms with van der Waals surface area (Å²) in [5.41, 5.74) is 2.17. The average Bonchev–Trinajstić information content (AvgIpc) is 2.50. The van der Waals surface area contributed by atoms with Gasteiger partial charge in [-0.2, -0.15) is 5.26 Å². The SMILES string of the molecule is CCNC(CC)c1ccc(N(CC)CC(C)C#N)cn1. The molecule has 4 heteroatoms. The maximum Gasteiger partial charge on any atom is 0.0671 e. The van der Waals surface area contributed by atoms with Crippen LogP contribution in [0.4, 0.5) is 5.69 Å². The smallest absolute Gasteiger partial charge is 0.0671 e. The molecule has 2 unspecified atom stereocenters. The molecule has 0 radical (unpaired) electrons. The van der Waals surface area contributed by atoms with Crippen LogP contribution in [0.5, 0.6) is 0 Å². The normalized spacial score (nSPS) is 13.6. The molecule has 0 aliphatic heterocycles. The molecule has 2 atom stereocenters. The third-order valence-corrected chi connectivity index (χ3v) is 3.45. The lowest BCUT2D eigenvalue weighted by atomic mass is 10.1. The highest BCUT2D eigenvalue weighted by molar-refractivity contribution is 5.45. The van der Waals surface area contributed by atoms with E-state index in [4.69, 9.17) is 5.26 Å². The Morgan fingerprint density at radius 1 is 1.35 bits per heavy atom. The lowest BCUT2D eigenvalue weighted by molar-refractivity contribution is 0.524. The van der Waals surface area contributed by atoms with E-state index in [1.807, 2.05) is 13.1 Å². The lowest BCUT2D eigenvalue weighted by Gasteiger charge is -2.24. The number of anilines is 1. The van der Waals surface area contributed by atoms with Crippen LogP contribution in [0, 0.1) is 17.2 Å². The molecule has 0 fully saturated rings. The quantitative estimate of drug-likeness (QED) is 0.791. The van der Waals surface area contributed by atoms with Gasteiger partial charge in [0.2, 0.25) is 0 Å². The van der Waals surface area contributed by atoms with Crippen molar-refractivity contribution in [2.75, 3.05) is 24.5 Å². The van der Waals surface area contributed by atoms with Crippen LogP contribution in [-0.4, -0.2) is 24.6 Å². The molecule has 0 aliphatic carbocycles. The Morgan fingerprint density at radius 2 is 2.10 bits per heavy atom. The van der Waals surface area contributed by atoms with Crippen molar-refractivity contribution in [1.82, 2.24) is 10.3 Å². The number of nitrogens with one attached hydrogen (secondary N) is 1. The predicted octanol–water partition coefficient (Wildman–Crippen LogP) is 3.13. The van der Waals surface area contributed by atoms with Gasteiger partial charge in [-0.3, -0.25) is 4.98 Å². The van der Waals surface area contributed by atoms with Gasteiger partial charge in [0, 0.05) is 19.1 Å². The molecule has 0 bridgehead atoms. The second-order valence-corrected chi connectivity index (χ2v) is 5.03. The van der Waals surface area contributed by atoms with Crippen LogP contribution in [0.15, 0.2) is 18.3 Å². The number of pyridine rings is 1. The minimum absolute atomic E-state index is 0.0276. The number of hydrogen-bond acceptors (Lipinski definition) is 4. The molecule has 0 aliphatic rings. The standard InChI is InChI=1S/C16H26N4/c1-5-15(18-6-2)16-9-8-14(11-19-16)20(7-3)12-13(4)10-17/h8-9,11,13,15,18H,5-7,12H2,1-4H3.